The largest absolute Gasteiger partial charge is 0.0984 e. The standard InChI is InChI=1S/C17H18/c1-4-14-9-5-6-11-16(14)17-12-8-7-10-15(17)13(2)3/h4-13H,1H2,2-3H3. The van der Waals surface area contributed by atoms with Crippen molar-refractivity contribution in [3.63, 3.8) is 0 Å². The van der Waals surface area contributed by atoms with Crippen molar-refractivity contribution in [3.8, 4) is 11.1 Å². The molecular weight excluding hydrogens is 204 g/mol. The summed E-state index contributed by atoms with van der Waals surface area (Å²) in [5.41, 5.74) is 5.17. The smallest absolute Gasteiger partial charge is 0.0109 e. The Morgan fingerprint density at radius 3 is 2.12 bits per heavy atom. The Kier molecular flexibility index (Phi) is 3.43. The summed E-state index contributed by atoms with van der Waals surface area (Å²) in [4.78, 5) is 0. The summed E-state index contributed by atoms with van der Waals surface area (Å²) >= 11 is 0. The quantitative estimate of drug-likeness (QED) is 0.676. The maximum Gasteiger partial charge on any atom is -0.0109 e. The molecule has 0 spiro atoms. The van der Waals surface area contributed by atoms with Crippen LogP contribution in [0, 0.1) is 0 Å². The highest BCUT2D eigenvalue weighted by Gasteiger charge is 2.09. The second-order valence-electron chi connectivity index (χ2n) is 4.53. The molecule has 2 aromatic carbocycles. The van der Waals surface area contributed by atoms with Crippen molar-refractivity contribution in [2.24, 2.45) is 0 Å². The molecule has 0 amide bonds. The van der Waals surface area contributed by atoms with Crippen molar-refractivity contribution in [1.29, 1.82) is 0 Å². The maximum atomic E-state index is 3.89. The van der Waals surface area contributed by atoms with E-state index in [1.165, 1.54) is 22.3 Å². The predicted octanol–water partition coefficient (Wildman–Crippen LogP) is 5.12. The summed E-state index contributed by atoms with van der Waals surface area (Å²) in [5.74, 6) is 0.532. The molecule has 0 saturated heterocycles. The van der Waals surface area contributed by atoms with Crippen LogP contribution >= 0.6 is 0 Å². The van der Waals surface area contributed by atoms with E-state index < -0.39 is 0 Å². The van der Waals surface area contributed by atoms with Gasteiger partial charge in [0.25, 0.3) is 0 Å². The Morgan fingerprint density at radius 1 is 0.882 bits per heavy atom. The lowest BCUT2D eigenvalue weighted by atomic mass is 9.90. The molecule has 0 saturated carbocycles. The summed E-state index contributed by atoms with van der Waals surface area (Å²) in [6.07, 6.45) is 1.92. The zero-order valence-electron chi connectivity index (χ0n) is 10.5. The number of hydrogen-bond donors (Lipinski definition) is 0. The minimum absolute atomic E-state index is 0.532. The first-order chi connectivity index (χ1) is 8.24. The van der Waals surface area contributed by atoms with Gasteiger partial charge < -0.3 is 0 Å². The predicted molar refractivity (Wildman–Crippen MR) is 76.1 cm³/mol. The molecule has 0 aliphatic rings. The third-order valence-electron chi connectivity index (χ3n) is 3.05. The number of hydrogen-bond acceptors (Lipinski definition) is 0. The van der Waals surface area contributed by atoms with Crippen LogP contribution in [0.2, 0.25) is 0 Å². The Hall–Kier alpha value is -1.82. The van der Waals surface area contributed by atoms with Gasteiger partial charge in [-0.1, -0.05) is 75.0 Å². The Bertz CT molecular complexity index is 521. The molecule has 0 aromatic heterocycles. The van der Waals surface area contributed by atoms with E-state index in [1.54, 1.807) is 0 Å². The summed E-state index contributed by atoms with van der Waals surface area (Å²) < 4.78 is 0. The molecule has 0 heteroatoms. The van der Waals surface area contributed by atoms with Gasteiger partial charge in [0, 0.05) is 0 Å². The molecule has 0 bridgehead atoms. The molecule has 0 fully saturated rings. The lowest BCUT2D eigenvalue weighted by molar-refractivity contribution is 0.869. The van der Waals surface area contributed by atoms with Crippen LogP contribution in [0.4, 0.5) is 0 Å². The third-order valence-corrected chi connectivity index (χ3v) is 3.05. The minimum atomic E-state index is 0.532. The van der Waals surface area contributed by atoms with Gasteiger partial charge in [-0.2, -0.15) is 0 Å². The van der Waals surface area contributed by atoms with Gasteiger partial charge in [0.2, 0.25) is 0 Å². The molecule has 0 heterocycles. The number of benzene rings is 2. The topological polar surface area (TPSA) is 0 Å². The van der Waals surface area contributed by atoms with Gasteiger partial charge in [0.15, 0.2) is 0 Å². The van der Waals surface area contributed by atoms with Crippen LogP contribution < -0.4 is 0 Å². The van der Waals surface area contributed by atoms with Crippen molar-refractivity contribution in [2.75, 3.05) is 0 Å². The van der Waals surface area contributed by atoms with Gasteiger partial charge in [-0.25, -0.2) is 0 Å². The third kappa shape index (κ3) is 2.31. The van der Waals surface area contributed by atoms with E-state index in [2.05, 4.69) is 69.0 Å². The molecule has 86 valence electrons. The average molecular weight is 222 g/mol. The van der Waals surface area contributed by atoms with Crippen molar-refractivity contribution in [1.82, 2.24) is 0 Å². The summed E-state index contributed by atoms with van der Waals surface area (Å²) in [5, 5.41) is 0. The van der Waals surface area contributed by atoms with Crippen LogP contribution in [0.15, 0.2) is 55.1 Å². The average Bonchev–Trinajstić information content (AvgIpc) is 2.38. The first-order valence-electron chi connectivity index (χ1n) is 6.04. The molecule has 0 unspecified atom stereocenters. The van der Waals surface area contributed by atoms with Gasteiger partial charge in [-0.05, 0) is 28.2 Å². The first kappa shape index (κ1) is 11.7. The minimum Gasteiger partial charge on any atom is -0.0984 e. The lowest BCUT2D eigenvalue weighted by Gasteiger charge is -2.14. The summed E-state index contributed by atoms with van der Waals surface area (Å²) in [6, 6.07) is 17.0. The Balaban J connectivity index is 2.64. The Morgan fingerprint density at radius 2 is 1.47 bits per heavy atom. The van der Waals surface area contributed by atoms with Crippen LogP contribution in [0.25, 0.3) is 17.2 Å². The van der Waals surface area contributed by atoms with Crippen LogP contribution in [0.3, 0.4) is 0 Å². The highest BCUT2D eigenvalue weighted by molar-refractivity contribution is 5.77. The van der Waals surface area contributed by atoms with E-state index in [9.17, 15) is 0 Å². The van der Waals surface area contributed by atoms with Crippen molar-refractivity contribution in [3.05, 3.63) is 66.2 Å². The van der Waals surface area contributed by atoms with E-state index in [-0.39, 0.29) is 0 Å². The van der Waals surface area contributed by atoms with Crippen molar-refractivity contribution >= 4 is 6.08 Å². The van der Waals surface area contributed by atoms with Crippen molar-refractivity contribution < 1.29 is 0 Å². The van der Waals surface area contributed by atoms with Crippen LogP contribution in [0.1, 0.15) is 30.9 Å². The number of rotatable bonds is 3. The SMILES string of the molecule is C=Cc1ccccc1-c1ccccc1C(C)C. The first-order valence-corrected chi connectivity index (χ1v) is 6.04. The highest BCUT2D eigenvalue weighted by Crippen LogP contribution is 2.31. The lowest BCUT2D eigenvalue weighted by Crippen LogP contribution is -1.93. The fraction of sp³-hybridized carbons (Fsp3) is 0.176. The van der Waals surface area contributed by atoms with Gasteiger partial charge in [-0.3, -0.25) is 0 Å². The Labute approximate surface area is 104 Å². The second-order valence-corrected chi connectivity index (χ2v) is 4.53. The van der Waals surface area contributed by atoms with Crippen LogP contribution in [-0.2, 0) is 0 Å². The molecule has 0 nitrogen and oxygen atoms in total. The van der Waals surface area contributed by atoms with Crippen LogP contribution in [0.5, 0.6) is 0 Å². The molecule has 0 N–H and O–H groups in total. The van der Waals surface area contributed by atoms with E-state index in [0.29, 0.717) is 5.92 Å². The van der Waals surface area contributed by atoms with E-state index >= 15 is 0 Å². The molecule has 2 aromatic rings. The summed E-state index contributed by atoms with van der Waals surface area (Å²) in [7, 11) is 0. The molecule has 2 rings (SSSR count). The van der Waals surface area contributed by atoms with Gasteiger partial charge in [0.05, 0.1) is 0 Å². The second kappa shape index (κ2) is 5.01. The monoisotopic (exact) mass is 222 g/mol. The van der Waals surface area contributed by atoms with E-state index in [1.807, 2.05) is 6.08 Å². The van der Waals surface area contributed by atoms with Crippen molar-refractivity contribution in [2.45, 2.75) is 19.8 Å². The molecule has 0 aliphatic carbocycles. The molecule has 17 heavy (non-hydrogen) atoms. The molecule has 0 aliphatic heterocycles. The normalized spacial score (nSPS) is 10.5. The molecule has 0 atom stereocenters. The zero-order chi connectivity index (χ0) is 12.3. The van der Waals surface area contributed by atoms with E-state index in [0.717, 1.165) is 0 Å². The van der Waals surface area contributed by atoms with E-state index in [4.69, 9.17) is 0 Å². The highest BCUT2D eigenvalue weighted by atomic mass is 14.1. The van der Waals surface area contributed by atoms with Gasteiger partial charge >= 0.3 is 0 Å². The fourth-order valence-corrected chi connectivity index (χ4v) is 2.17. The zero-order valence-corrected chi connectivity index (χ0v) is 10.5. The maximum absolute atomic E-state index is 3.89. The molecular formula is C17H18. The fourth-order valence-electron chi connectivity index (χ4n) is 2.17. The van der Waals surface area contributed by atoms with Gasteiger partial charge in [-0.15, -0.1) is 0 Å². The summed E-state index contributed by atoms with van der Waals surface area (Å²) in [6.45, 7) is 8.35. The van der Waals surface area contributed by atoms with Crippen LogP contribution in [-0.4, -0.2) is 0 Å². The van der Waals surface area contributed by atoms with Gasteiger partial charge in [0.1, 0.15) is 0 Å². The molecule has 0 radical (unpaired) electrons.